The SMILES string of the molecule is Cc1ncc(C(=O)N(Cc2c(F)cccc2Cl)C2CC2)c(=O)[nH]1. The summed E-state index contributed by atoms with van der Waals surface area (Å²) in [7, 11) is 0. The molecule has 7 heteroatoms. The number of H-pyrrole nitrogens is 1. The molecule has 0 spiro atoms. The lowest BCUT2D eigenvalue weighted by atomic mass is 10.1. The average Bonchev–Trinajstić information content (AvgIpc) is 3.31. The fraction of sp³-hybridized carbons (Fsp3) is 0.312. The second-order valence-electron chi connectivity index (χ2n) is 5.58. The number of nitrogens with one attached hydrogen (secondary N) is 1. The van der Waals surface area contributed by atoms with Crippen molar-refractivity contribution in [3.8, 4) is 0 Å². The fourth-order valence-electron chi connectivity index (χ4n) is 2.40. The lowest BCUT2D eigenvalue weighted by Gasteiger charge is -2.23. The van der Waals surface area contributed by atoms with E-state index >= 15 is 0 Å². The predicted molar refractivity (Wildman–Crippen MR) is 83.9 cm³/mol. The first-order valence-electron chi connectivity index (χ1n) is 7.27. The molecule has 23 heavy (non-hydrogen) atoms. The molecule has 1 N–H and O–H groups in total. The second-order valence-corrected chi connectivity index (χ2v) is 5.98. The van der Waals surface area contributed by atoms with Crippen molar-refractivity contribution in [3.05, 3.63) is 62.5 Å². The van der Waals surface area contributed by atoms with Gasteiger partial charge in [-0.15, -0.1) is 0 Å². The highest BCUT2D eigenvalue weighted by molar-refractivity contribution is 6.31. The highest BCUT2D eigenvalue weighted by atomic mass is 35.5. The second kappa shape index (κ2) is 6.12. The van der Waals surface area contributed by atoms with E-state index < -0.39 is 17.3 Å². The molecule has 3 rings (SSSR count). The molecule has 5 nitrogen and oxygen atoms in total. The van der Waals surface area contributed by atoms with Crippen LogP contribution in [0.15, 0.2) is 29.2 Å². The third kappa shape index (κ3) is 3.27. The number of aromatic nitrogens is 2. The summed E-state index contributed by atoms with van der Waals surface area (Å²) >= 11 is 6.04. The largest absolute Gasteiger partial charge is 0.331 e. The molecular formula is C16H15ClFN3O2. The molecule has 1 aliphatic carbocycles. The summed E-state index contributed by atoms with van der Waals surface area (Å²) in [5.41, 5.74) is -0.284. The fourth-order valence-corrected chi connectivity index (χ4v) is 2.62. The van der Waals surface area contributed by atoms with Gasteiger partial charge in [0.25, 0.3) is 11.5 Å². The number of rotatable bonds is 4. The molecule has 2 aromatic rings. The molecule has 1 aromatic carbocycles. The van der Waals surface area contributed by atoms with Crippen LogP contribution in [0.1, 0.15) is 34.6 Å². The first-order valence-corrected chi connectivity index (χ1v) is 7.65. The van der Waals surface area contributed by atoms with Gasteiger partial charge >= 0.3 is 0 Å². The van der Waals surface area contributed by atoms with E-state index in [1.807, 2.05) is 0 Å². The van der Waals surface area contributed by atoms with Gasteiger partial charge in [-0.1, -0.05) is 17.7 Å². The van der Waals surface area contributed by atoms with Crippen molar-refractivity contribution < 1.29 is 9.18 Å². The van der Waals surface area contributed by atoms with Gasteiger partial charge < -0.3 is 9.88 Å². The van der Waals surface area contributed by atoms with Crippen LogP contribution in [0.25, 0.3) is 0 Å². The first kappa shape index (κ1) is 15.7. The number of benzene rings is 1. The molecule has 1 amide bonds. The topological polar surface area (TPSA) is 66.1 Å². The first-order chi connectivity index (χ1) is 11.0. The van der Waals surface area contributed by atoms with Gasteiger partial charge in [0, 0.05) is 22.8 Å². The Morgan fingerprint density at radius 2 is 2.22 bits per heavy atom. The Kier molecular flexibility index (Phi) is 4.17. The summed E-state index contributed by atoms with van der Waals surface area (Å²) in [6.07, 6.45) is 2.92. The minimum Gasteiger partial charge on any atom is -0.331 e. The van der Waals surface area contributed by atoms with Gasteiger partial charge in [-0.25, -0.2) is 9.37 Å². The van der Waals surface area contributed by atoms with Crippen LogP contribution in [-0.4, -0.2) is 26.8 Å². The number of carbonyl (C=O) groups is 1. The molecule has 0 saturated heterocycles. The monoisotopic (exact) mass is 335 g/mol. The van der Waals surface area contributed by atoms with Crippen molar-refractivity contribution in [3.63, 3.8) is 0 Å². The molecular weight excluding hydrogens is 321 g/mol. The number of aryl methyl sites for hydroxylation is 1. The lowest BCUT2D eigenvalue weighted by Crippen LogP contribution is -2.36. The Bertz CT molecular complexity index is 797. The van der Waals surface area contributed by atoms with E-state index in [1.165, 1.54) is 23.2 Å². The van der Waals surface area contributed by atoms with Crippen molar-refractivity contribution in [2.24, 2.45) is 0 Å². The van der Waals surface area contributed by atoms with Crippen LogP contribution < -0.4 is 5.56 Å². The van der Waals surface area contributed by atoms with E-state index in [1.54, 1.807) is 13.0 Å². The molecule has 1 aromatic heterocycles. The van der Waals surface area contributed by atoms with Crippen LogP contribution in [0.3, 0.4) is 0 Å². The van der Waals surface area contributed by atoms with Crippen molar-refractivity contribution in [1.82, 2.24) is 14.9 Å². The molecule has 0 unspecified atom stereocenters. The van der Waals surface area contributed by atoms with Crippen LogP contribution in [0.2, 0.25) is 5.02 Å². The minimum absolute atomic E-state index is 0.00104. The number of halogens is 2. The van der Waals surface area contributed by atoms with Crippen LogP contribution in [0.5, 0.6) is 0 Å². The third-order valence-electron chi connectivity index (χ3n) is 3.80. The van der Waals surface area contributed by atoms with Gasteiger partial charge in [0.2, 0.25) is 0 Å². The lowest BCUT2D eigenvalue weighted by molar-refractivity contribution is 0.0726. The van der Waals surface area contributed by atoms with E-state index in [4.69, 9.17) is 11.6 Å². The standard InChI is InChI=1S/C16H15ClFN3O2/c1-9-19-7-11(15(22)20-9)16(23)21(10-5-6-10)8-12-13(17)3-2-4-14(12)18/h2-4,7,10H,5-6,8H2,1H3,(H,19,20,22). The van der Waals surface area contributed by atoms with Crippen LogP contribution in [0, 0.1) is 12.7 Å². The van der Waals surface area contributed by atoms with Crippen molar-refractivity contribution >= 4 is 17.5 Å². The van der Waals surface area contributed by atoms with Gasteiger partial charge in [0.05, 0.1) is 6.54 Å². The number of nitrogens with zero attached hydrogens (tertiary/aromatic N) is 2. The van der Waals surface area contributed by atoms with Gasteiger partial charge in [0.15, 0.2) is 0 Å². The summed E-state index contributed by atoms with van der Waals surface area (Å²) < 4.78 is 14.0. The quantitative estimate of drug-likeness (QED) is 0.934. The zero-order valence-electron chi connectivity index (χ0n) is 12.5. The van der Waals surface area contributed by atoms with Crippen molar-refractivity contribution in [1.29, 1.82) is 0 Å². The molecule has 1 fully saturated rings. The van der Waals surface area contributed by atoms with Crippen LogP contribution in [-0.2, 0) is 6.54 Å². The summed E-state index contributed by atoms with van der Waals surface area (Å²) in [6.45, 7) is 1.66. The summed E-state index contributed by atoms with van der Waals surface area (Å²) in [5.74, 6) is -0.492. The maximum atomic E-state index is 14.0. The highest BCUT2D eigenvalue weighted by Crippen LogP contribution is 2.31. The van der Waals surface area contributed by atoms with Gasteiger partial charge in [0.1, 0.15) is 17.2 Å². The molecule has 0 atom stereocenters. The molecule has 1 saturated carbocycles. The molecule has 0 bridgehead atoms. The summed E-state index contributed by atoms with van der Waals surface area (Å²) in [6, 6.07) is 4.39. The van der Waals surface area contributed by atoms with Crippen LogP contribution >= 0.6 is 11.6 Å². The molecule has 0 aliphatic heterocycles. The number of carbonyl (C=O) groups excluding carboxylic acids is 1. The number of hydrogen-bond donors (Lipinski definition) is 1. The molecule has 1 heterocycles. The van der Waals surface area contributed by atoms with Gasteiger partial charge in [-0.3, -0.25) is 9.59 Å². The van der Waals surface area contributed by atoms with E-state index in [9.17, 15) is 14.0 Å². The zero-order chi connectivity index (χ0) is 16.6. The Labute approximate surface area is 137 Å². The van der Waals surface area contributed by atoms with Gasteiger partial charge in [-0.05, 0) is 31.9 Å². The average molecular weight is 336 g/mol. The van der Waals surface area contributed by atoms with Crippen molar-refractivity contribution in [2.45, 2.75) is 32.4 Å². The molecule has 0 radical (unpaired) electrons. The van der Waals surface area contributed by atoms with Crippen molar-refractivity contribution in [2.75, 3.05) is 0 Å². The summed E-state index contributed by atoms with van der Waals surface area (Å²) in [4.78, 5) is 32.6. The Hall–Kier alpha value is -2.21. The number of hydrogen-bond acceptors (Lipinski definition) is 3. The maximum Gasteiger partial charge on any atom is 0.263 e. The Morgan fingerprint density at radius 1 is 1.48 bits per heavy atom. The van der Waals surface area contributed by atoms with Crippen LogP contribution in [0.4, 0.5) is 4.39 Å². The predicted octanol–water partition coefficient (Wildman–Crippen LogP) is 2.68. The minimum atomic E-state index is -0.493. The number of amides is 1. The van der Waals surface area contributed by atoms with E-state index in [-0.39, 0.29) is 28.7 Å². The third-order valence-corrected chi connectivity index (χ3v) is 4.15. The highest BCUT2D eigenvalue weighted by Gasteiger charge is 2.35. The maximum absolute atomic E-state index is 14.0. The van der Waals surface area contributed by atoms with E-state index in [0.717, 1.165) is 12.8 Å². The smallest absolute Gasteiger partial charge is 0.263 e. The Morgan fingerprint density at radius 3 is 2.83 bits per heavy atom. The molecule has 120 valence electrons. The normalized spacial score (nSPS) is 13.9. The Balaban J connectivity index is 1.93. The van der Waals surface area contributed by atoms with E-state index in [2.05, 4.69) is 9.97 Å². The summed E-state index contributed by atoms with van der Waals surface area (Å²) in [5, 5.41) is 0.263. The van der Waals surface area contributed by atoms with E-state index in [0.29, 0.717) is 5.82 Å². The zero-order valence-corrected chi connectivity index (χ0v) is 13.2. The van der Waals surface area contributed by atoms with Gasteiger partial charge in [-0.2, -0.15) is 0 Å². The number of aromatic amines is 1. The molecule has 1 aliphatic rings.